The summed E-state index contributed by atoms with van der Waals surface area (Å²) in [5.74, 6) is 0. The molecule has 0 saturated heterocycles. The van der Waals surface area contributed by atoms with Gasteiger partial charge in [0.2, 0.25) is 0 Å². The largest absolute Gasteiger partial charge is 0.295 e. The van der Waals surface area contributed by atoms with Gasteiger partial charge in [0, 0.05) is 47.1 Å². The Morgan fingerprint density at radius 2 is 1.07 bits per heavy atom. The second-order valence-corrected chi connectivity index (χ2v) is 8.36. The molecule has 0 bridgehead atoms. The number of rotatable bonds is 4. The van der Waals surface area contributed by atoms with E-state index in [2.05, 4.69) is 34.5 Å². The topological polar surface area (TPSA) is 75.6 Å². The van der Waals surface area contributed by atoms with E-state index in [9.17, 15) is 9.59 Å². The molecular weight excluding hydrogens is 416 g/mol. The summed E-state index contributed by atoms with van der Waals surface area (Å²) < 4.78 is 2.95. The molecule has 4 aromatic rings. The zero-order chi connectivity index (χ0) is 21.7. The fourth-order valence-corrected chi connectivity index (χ4v) is 3.77. The standard InChI is InChI=1S/2C11H12N2OS/c2*1-13-11(14)7-10(12-13)8-4-3-5-9(6-8)15-2/h2*3-7,12H,1-2H3. The molecule has 2 heterocycles. The lowest BCUT2D eigenvalue weighted by atomic mass is 10.2. The van der Waals surface area contributed by atoms with Gasteiger partial charge < -0.3 is 0 Å². The Labute approximate surface area is 183 Å². The van der Waals surface area contributed by atoms with Gasteiger partial charge in [0.05, 0.1) is 11.4 Å². The molecule has 4 rings (SSSR count). The highest BCUT2D eigenvalue weighted by molar-refractivity contribution is 7.98. The van der Waals surface area contributed by atoms with Crippen LogP contribution >= 0.6 is 23.5 Å². The monoisotopic (exact) mass is 440 g/mol. The summed E-state index contributed by atoms with van der Waals surface area (Å²) in [6.45, 7) is 0. The quantitative estimate of drug-likeness (QED) is 0.466. The predicted molar refractivity (Wildman–Crippen MR) is 127 cm³/mol. The Morgan fingerprint density at radius 3 is 1.37 bits per heavy atom. The van der Waals surface area contributed by atoms with Crippen molar-refractivity contribution in [1.82, 2.24) is 19.6 Å². The molecule has 2 aromatic carbocycles. The van der Waals surface area contributed by atoms with E-state index < -0.39 is 0 Å². The van der Waals surface area contributed by atoms with Crippen LogP contribution in [0.4, 0.5) is 0 Å². The van der Waals surface area contributed by atoms with Crippen molar-refractivity contribution in [3.05, 3.63) is 81.4 Å². The summed E-state index contributed by atoms with van der Waals surface area (Å²) in [4.78, 5) is 25.0. The Balaban J connectivity index is 0.000000171. The van der Waals surface area contributed by atoms with Gasteiger partial charge in [-0.3, -0.25) is 29.2 Å². The first-order chi connectivity index (χ1) is 14.4. The smallest absolute Gasteiger partial charge is 0.266 e. The first-order valence-electron chi connectivity index (χ1n) is 9.22. The highest BCUT2D eigenvalue weighted by Gasteiger charge is 2.04. The molecule has 0 fully saturated rings. The van der Waals surface area contributed by atoms with Gasteiger partial charge in [-0.1, -0.05) is 24.3 Å². The molecule has 6 nitrogen and oxygen atoms in total. The fourth-order valence-electron chi connectivity index (χ4n) is 2.85. The Morgan fingerprint density at radius 1 is 0.667 bits per heavy atom. The maximum atomic E-state index is 11.3. The van der Waals surface area contributed by atoms with Crippen molar-refractivity contribution in [3.8, 4) is 22.5 Å². The Kier molecular flexibility index (Phi) is 7.12. The Bertz CT molecular complexity index is 1150. The van der Waals surface area contributed by atoms with Crippen molar-refractivity contribution in [3.63, 3.8) is 0 Å². The van der Waals surface area contributed by atoms with Gasteiger partial charge in [0.1, 0.15) is 0 Å². The second-order valence-electron chi connectivity index (χ2n) is 6.60. The van der Waals surface area contributed by atoms with Crippen LogP contribution in [0.3, 0.4) is 0 Å². The van der Waals surface area contributed by atoms with Crippen LogP contribution in [0, 0.1) is 0 Å². The molecule has 0 atom stereocenters. The summed E-state index contributed by atoms with van der Waals surface area (Å²) >= 11 is 3.38. The molecule has 8 heteroatoms. The fraction of sp³-hybridized carbons (Fsp3) is 0.182. The molecule has 0 spiro atoms. The molecule has 0 saturated carbocycles. The third kappa shape index (κ3) is 5.20. The molecule has 0 radical (unpaired) electrons. The van der Waals surface area contributed by atoms with Crippen molar-refractivity contribution in [2.24, 2.45) is 14.1 Å². The van der Waals surface area contributed by atoms with Crippen LogP contribution in [0.25, 0.3) is 22.5 Å². The normalized spacial score (nSPS) is 10.5. The van der Waals surface area contributed by atoms with Gasteiger partial charge in [-0.15, -0.1) is 23.5 Å². The third-order valence-electron chi connectivity index (χ3n) is 4.53. The molecule has 30 heavy (non-hydrogen) atoms. The average molecular weight is 441 g/mol. The third-order valence-corrected chi connectivity index (χ3v) is 5.99. The molecule has 0 aliphatic rings. The van der Waals surface area contributed by atoms with Crippen molar-refractivity contribution >= 4 is 23.5 Å². The summed E-state index contributed by atoms with van der Waals surface area (Å²) in [5, 5.41) is 6.01. The van der Waals surface area contributed by atoms with Gasteiger partial charge in [-0.05, 0) is 36.8 Å². The highest BCUT2D eigenvalue weighted by Crippen LogP contribution is 2.23. The summed E-state index contributed by atoms with van der Waals surface area (Å²) in [7, 11) is 3.43. The van der Waals surface area contributed by atoms with Gasteiger partial charge >= 0.3 is 0 Å². The van der Waals surface area contributed by atoms with E-state index >= 15 is 0 Å². The number of nitrogens with zero attached hydrogens (tertiary/aromatic N) is 2. The average Bonchev–Trinajstić information content (AvgIpc) is 3.29. The van der Waals surface area contributed by atoms with E-state index in [4.69, 9.17) is 0 Å². The van der Waals surface area contributed by atoms with E-state index in [1.54, 1.807) is 49.8 Å². The second kappa shape index (κ2) is 9.77. The van der Waals surface area contributed by atoms with E-state index in [1.807, 2.05) is 36.8 Å². The first-order valence-corrected chi connectivity index (χ1v) is 11.7. The van der Waals surface area contributed by atoms with Crippen LogP contribution < -0.4 is 11.1 Å². The van der Waals surface area contributed by atoms with E-state index in [-0.39, 0.29) is 11.1 Å². The lowest BCUT2D eigenvalue weighted by molar-refractivity contribution is 0.742. The Hall–Kier alpha value is -2.84. The summed E-state index contributed by atoms with van der Waals surface area (Å²) in [6, 6.07) is 19.4. The van der Waals surface area contributed by atoms with E-state index in [1.165, 1.54) is 19.2 Å². The molecular formula is C22H24N4O2S2. The number of aryl methyl sites for hydroxylation is 2. The van der Waals surface area contributed by atoms with E-state index in [0.717, 1.165) is 22.5 Å². The number of aromatic amines is 2. The van der Waals surface area contributed by atoms with Crippen LogP contribution in [-0.2, 0) is 14.1 Å². The molecule has 0 unspecified atom stereocenters. The number of hydrogen-bond acceptors (Lipinski definition) is 4. The molecule has 2 aromatic heterocycles. The minimum atomic E-state index is -0.0143. The van der Waals surface area contributed by atoms with Crippen LogP contribution in [0.1, 0.15) is 0 Å². The van der Waals surface area contributed by atoms with Crippen LogP contribution in [0.5, 0.6) is 0 Å². The van der Waals surface area contributed by atoms with Gasteiger partial charge in [0.25, 0.3) is 11.1 Å². The summed E-state index contributed by atoms with van der Waals surface area (Å²) in [6.07, 6.45) is 4.07. The number of nitrogens with one attached hydrogen (secondary N) is 2. The van der Waals surface area contributed by atoms with Crippen molar-refractivity contribution in [2.75, 3.05) is 12.5 Å². The number of hydrogen-bond donors (Lipinski definition) is 2. The van der Waals surface area contributed by atoms with Crippen molar-refractivity contribution in [1.29, 1.82) is 0 Å². The number of H-pyrrole nitrogens is 2. The highest BCUT2D eigenvalue weighted by atomic mass is 32.2. The van der Waals surface area contributed by atoms with Crippen LogP contribution in [0.15, 0.2) is 80.0 Å². The molecule has 2 N–H and O–H groups in total. The lowest BCUT2D eigenvalue weighted by Gasteiger charge is -2.00. The van der Waals surface area contributed by atoms with Gasteiger partial charge in [-0.25, -0.2) is 0 Å². The van der Waals surface area contributed by atoms with Gasteiger partial charge in [-0.2, -0.15) is 0 Å². The lowest BCUT2D eigenvalue weighted by Crippen LogP contribution is -2.09. The number of benzene rings is 2. The number of thioether (sulfide) groups is 2. The van der Waals surface area contributed by atoms with Crippen LogP contribution in [-0.4, -0.2) is 32.1 Å². The minimum Gasteiger partial charge on any atom is -0.295 e. The number of aromatic nitrogens is 4. The van der Waals surface area contributed by atoms with Crippen molar-refractivity contribution in [2.45, 2.75) is 9.79 Å². The SMILES string of the molecule is CSc1cccc(-c2cc(=O)n(C)[nH]2)c1.CSc1cccc(-c2cc(=O)n(C)[nH]2)c1. The predicted octanol–water partition coefficient (Wildman–Crippen LogP) is 4.20. The molecule has 156 valence electrons. The maximum absolute atomic E-state index is 11.3. The van der Waals surface area contributed by atoms with Gasteiger partial charge in [0.15, 0.2) is 0 Å². The maximum Gasteiger partial charge on any atom is 0.266 e. The molecule has 0 aliphatic carbocycles. The van der Waals surface area contributed by atoms with Crippen LogP contribution in [0.2, 0.25) is 0 Å². The first kappa shape index (κ1) is 21.9. The minimum absolute atomic E-state index is 0.0143. The molecule has 0 aliphatic heterocycles. The summed E-state index contributed by atoms with van der Waals surface area (Å²) in [5.41, 5.74) is 3.77. The zero-order valence-electron chi connectivity index (χ0n) is 17.3. The zero-order valence-corrected chi connectivity index (χ0v) is 18.9. The van der Waals surface area contributed by atoms with Crippen molar-refractivity contribution < 1.29 is 0 Å². The van der Waals surface area contributed by atoms with E-state index in [0.29, 0.717) is 0 Å². The molecule has 0 amide bonds.